The molecule has 0 aromatic rings. The van der Waals surface area contributed by atoms with Crippen molar-refractivity contribution in [3.05, 3.63) is 11.9 Å². The summed E-state index contributed by atoms with van der Waals surface area (Å²) in [5, 5.41) is 0. The van der Waals surface area contributed by atoms with E-state index in [1.165, 1.54) is 6.08 Å². The first kappa shape index (κ1) is 11.0. The molecule has 0 aromatic heterocycles. The van der Waals surface area contributed by atoms with Gasteiger partial charge < -0.3 is 9.79 Å². The molecule has 0 aliphatic heterocycles. The highest BCUT2D eigenvalue weighted by atomic mass is 31.2. The van der Waals surface area contributed by atoms with Gasteiger partial charge in [0.1, 0.15) is 7.85 Å². The number of rotatable bonds is 3. The Labute approximate surface area is 77.6 Å². The lowest BCUT2D eigenvalue weighted by molar-refractivity contribution is 0.368. The van der Waals surface area contributed by atoms with E-state index in [2.05, 4.69) is 0 Å². The molecule has 1 aliphatic carbocycles. The lowest BCUT2D eigenvalue weighted by Crippen LogP contribution is -1.99. The maximum atomic E-state index is 12.9. The number of halogens is 1. The molecule has 0 saturated heterocycles. The highest BCUT2D eigenvalue weighted by Gasteiger charge is 2.25. The van der Waals surface area contributed by atoms with Crippen LogP contribution in [0, 0.1) is 5.92 Å². The number of allylic oxidation sites excluding steroid dienone is 2. The Morgan fingerprint density at radius 2 is 2.31 bits per heavy atom. The summed E-state index contributed by atoms with van der Waals surface area (Å²) in [4.78, 5) is 17.2. The van der Waals surface area contributed by atoms with Crippen molar-refractivity contribution in [1.29, 1.82) is 0 Å². The summed E-state index contributed by atoms with van der Waals surface area (Å²) in [6.45, 7) is 0. The molecule has 0 radical (unpaired) electrons. The van der Waals surface area contributed by atoms with E-state index in [0.717, 1.165) is 0 Å². The van der Waals surface area contributed by atoms with Crippen LogP contribution < -0.4 is 0 Å². The summed E-state index contributed by atoms with van der Waals surface area (Å²) in [5.74, 6) is -0.222. The van der Waals surface area contributed by atoms with Crippen LogP contribution in [0.1, 0.15) is 12.8 Å². The first-order valence-electron chi connectivity index (χ1n) is 4.30. The zero-order valence-electron chi connectivity index (χ0n) is 7.48. The molecule has 13 heavy (non-hydrogen) atoms. The Morgan fingerprint density at radius 1 is 1.69 bits per heavy atom. The monoisotopic (exact) mass is 206 g/mol. The van der Waals surface area contributed by atoms with Gasteiger partial charge in [-0.15, -0.1) is 0 Å². The average molecular weight is 206 g/mol. The molecule has 0 heterocycles. The van der Waals surface area contributed by atoms with E-state index < -0.39 is 7.60 Å². The molecule has 0 amide bonds. The predicted molar refractivity (Wildman–Crippen MR) is 51.1 cm³/mol. The normalized spacial score (nSPS) is 29.0. The molecule has 0 bridgehead atoms. The maximum absolute atomic E-state index is 12.9. The van der Waals surface area contributed by atoms with Crippen molar-refractivity contribution >= 4 is 15.4 Å². The van der Waals surface area contributed by atoms with Crippen LogP contribution in [0.5, 0.6) is 0 Å². The third-order valence-electron chi connectivity index (χ3n) is 2.31. The molecule has 0 aromatic carbocycles. The molecule has 1 rings (SSSR count). The van der Waals surface area contributed by atoms with Crippen molar-refractivity contribution in [1.82, 2.24) is 0 Å². The van der Waals surface area contributed by atoms with Crippen LogP contribution in [0.25, 0.3) is 0 Å². The number of hydrogen-bond donors (Lipinski definition) is 2. The van der Waals surface area contributed by atoms with E-state index in [1.54, 1.807) is 7.85 Å². The van der Waals surface area contributed by atoms with Crippen LogP contribution >= 0.6 is 7.60 Å². The molecule has 0 saturated carbocycles. The van der Waals surface area contributed by atoms with Gasteiger partial charge >= 0.3 is 7.60 Å². The molecular formula is C7H13BFO3P. The van der Waals surface area contributed by atoms with Crippen LogP contribution in [-0.4, -0.2) is 23.8 Å². The molecule has 0 fully saturated rings. The lowest BCUT2D eigenvalue weighted by atomic mass is 9.84. The molecule has 1 aliphatic rings. The van der Waals surface area contributed by atoms with Gasteiger partial charge in [-0.05, 0) is 24.6 Å². The van der Waals surface area contributed by atoms with Crippen LogP contribution in [0.3, 0.4) is 0 Å². The second-order valence-corrected chi connectivity index (χ2v) is 5.40. The summed E-state index contributed by atoms with van der Waals surface area (Å²) in [6, 6.07) is 0. The largest absolute Gasteiger partial charge is 0.325 e. The summed E-state index contributed by atoms with van der Waals surface area (Å²) in [5.41, 5.74) is 0. The van der Waals surface area contributed by atoms with E-state index in [0.29, 0.717) is 12.8 Å². The minimum absolute atomic E-state index is 0.00243. The van der Waals surface area contributed by atoms with Crippen molar-refractivity contribution in [2.75, 3.05) is 6.16 Å². The predicted octanol–water partition coefficient (Wildman–Crippen LogP) is 0.849. The molecular weight excluding hydrogens is 193 g/mol. The van der Waals surface area contributed by atoms with Crippen molar-refractivity contribution in [3.63, 3.8) is 0 Å². The first-order chi connectivity index (χ1) is 5.88. The Morgan fingerprint density at radius 3 is 2.69 bits per heavy atom. The fraction of sp³-hybridized carbons (Fsp3) is 0.714. The van der Waals surface area contributed by atoms with Gasteiger partial charge in [-0.1, -0.05) is 6.08 Å². The van der Waals surface area contributed by atoms with Crippen LogP contribution in [0.4, 0.5) is 4.39 Å². The van der Waals surface area contributed by atoms with Gasteiger partial charge in [-0.25, -0.2) is 4.39 Å². The molecule has 3 nitrogen and oxygen atoms in total. The lowest BCUT2D eigenvalue weighted by Gasteiger charge is -2.08. The summed E-state index contributed by atoms with van der Waals surface area (Å²) < 4.78 is 23.4. The van der Waals surface area contributed by atoms with Crippen molar-refractivity contribution < 1.29 is 18.7 Å². The molecule has 2 atom stereocenters. The van der Waals surface area contributed by atoms with Gasteiger partial charge in [0, 0.05) is 0 Å². The molecule has 2 unspecified atom stereocenters. The highest BCUT2D eigenvalue weighted by Crippen LogP contribution is 2.41. The Bertz CT molecular complexity index is 262. The van der Waals surface area contributed by atoms with Gasteiger partial charge in [-0.3, -0.25) is 4.57 Å². The van der Waals surface area contributed by atoms with Gasteiger partial charge in [0.15, 0.2) is 0 Å². The quantitative estimate of drug-likeness (QED) is 0.531. The van der Waals surface area contributed by atoms with E-state index in [1.807, 2.05) is 0 Å². The average Bonchev–Trinajstić information content (AvgIpc) is 2.27. The standard InChI is InChI=1S/C7H13BFO3P/c8-6-3-5(4-7(6)9)1-2-13(10,11)12/h4-6H,1-3,8H2,(H2,10,11,12). The Hall–Kier alpha value is -0.115. The molecule has 0 spiro atoms. The fourth-order valence-electron chi connectivity index (χ4n) is 1.56. The van der Waals surface area contributed by atoms with Crippen LogP contribution in [-0.2, 0) is 4.57 Å². The summed E-state index contributed by atoms with van der Waals surface area (Å²) in [7, 11) is -2.13. The van der Waals surface area contributed by atoms with E-state index >= 15 is 0 Å². The highest BCUT2D eigenvalue weighted by molar-refractivity contribution is 7.51. The molecule has 6 heteroatoms. The maximum Gasteiger partial charge on any atom is 0.325 e. The fourth-order valence-corrected chi connectivity index (χ4v) is 2.23. The third-order valence-corrected chi connectivity index (χ3v) is 3.15. The topological polar surface area (TPSA) is 57.5 Å². The third kappa shape index (κ3) is 3.63. The van der Waals surface area contributed by atoms with Crippen molar-refractivity contribution in [3.8, 4) is 0 Å². The smallest absolute Gasteiger partial charge is 0.324 e. The SMILES string of the molecule is BC1CC(CCP(=O)(O)O)C=C1F. The van der Waals surface area contributed by atoms with E-state index in [-0.39, 0.29) is 23.7 Å². The Kier molecular flexibility index (Phi) is 3.33. The van der Waals surface area contributed by atoms with Crippen LogP contribution in [0.2, 0.25) is 5.82 Å². The summed E-state index contributed by atoms with van der Waals surface area (Å²) >= 11 is 0. The summed E-state index contributed by atoms with van der Waals surface area (Å²) in [6.07, 6.45) is 2.39. The van der Waals surface area contributed by atoms with E-state index in [4.69, 9.17) is 9.79 Å². The van der Waals surface area contributed by atoms with Crippen molar-refractivity contribution in [2.24, 2.45) is 5.92 Å². The zero-order chi connectivity index (χ0) is 10.1. The minimum atomic E-state index is -3.91. The van der Waals surface area contributed by atoms with E-state index in [9.17, 15) is 8.96 Å². The molecule has 74 valence electrons. The zero-order valence-corrected chi connectivity index (χ0v) is 8.38. The molecule has 2 N–H and O–H groups in total. The Balaban J connectivity index is 2.38. The van der Waals surface area contributed by atoms with Gasteiger partial charge in [0.05, 0.1) is 12.0 Å². The second-order valence-electron chi connectivity index (χ2n) is 3.63. The number of hydrogen-bond acceptors (Lipinski definition) is 1. The first-order valence-corrected chi connectivity index (χ1v) is 6.10. The van der Waals surface area contributed by atoms with Crippen LogP contribution in [0.15, 0.2) is 11.9 Å². The van der Waals surface area contributed by atoms with Crippen molar-refractivity contribution in [2.45, 2.75) is 18.7 Å². The van der Waals surface area contributed by atoms with Gasteiger partial charge in [0.2, 0.25) is 0 Å². The minimum Gasteiger partial charge on any atom is -0.324 e. The van der Waals surface area contributed by atoms with Gasteiger partial charge in [-0.2, -0.15) is 0 Å². The second kappa shape index (κ2) is 3.95. The van der Waals surface area contributed by atoms with Gasteiger partial charge in [0.25, 0.3) is 0 Å².